The number of aryl methyl sites for hydroxylation is 1. The van der Waals surface area contributed by atoms with E-state index in [0.717, 1.165) is 34.7 Å². The Morgan fingerprint density at radius 2 is 1.91 bits per heavy atom. The molecule has 0 saturated heterocycles. The topological polar surface area (TPSA) is 52.0 Å². The predicted molar refractivity (Wildman–Crippen MR) is 93.0 cm³/mol. The first-order chi connectivity index (χ1) is 11.1. The fraction of sp³-hybridized carbons (Fsp3) is 0.333. The average Bonchev–Trinajstić information content (AvgIpc) is 2.91. The molecule has 0 spiro atoms. The highest BCUT2D eigenvalue weighted by molar-refractivity contribution is 5.89. The van der Waals surface area contributed by atoms with Crippen LogP contribution in [0.4, 0.5) is 5.69 Å². The van der Waals surface area contributed by atoms with Crippen LogP contribution in [0.3, 0.4) is 0 Å². The van der Waals surface area contributed by atoms with E-state index >= 15 is 0 Å². The van der Waals surface area contributed by atoms with Crippen molar-refractivity contribution in [3.63, 3.8) is 0 Å². The largest absolute Gasteiger partial charge is 0.497 e. The number of nitrogens with zero attached hydrogens (tertiary/aromatic N) is 3. The molecule has 0 saturated carbocycles. The number of nitrogens with one attached hydrogen (secondary N) is 1. The Labute approximate surface area is 136 Å². The summed E-state index contributed by atoms with van der Waals surface area (Å²) in [6.45, 7) is 7.01. The zero-order valence-corrected chi connectivity index (χ0v) is 14.0. The highest BCUT2D eigenvalue weighted by atomic mass is 16.5. The molecule has 0 atom stereocenters. The van der Waals surface area contributed by atoms with Crippen LogP contribution >= 0.6 is 0 Å². The quantitative estimate of drug-likeness (QED) is 0.775. The summed E-state index contributed by atoms with van der Waals surface area (Å²) in [6, 6.07) is 10.4. The first-order valence-corrected chi connectivity index (χ1v) is 7.80. The number of rotatable bonds is 5. The molecule has 0 fully saturated rings. The first-order valence-electron chi connectivity index (χ1n) is 7.80. The second-order valence-electron chi connectivity index (χ2n) is 5.88. The maximum absolute atomic E-state index is 5.19. The molecule has 0 amide bonds. The normalized spacial score (nSPS) is 11.2. The van der Waals surface area contributed by atoms with E-state index in [9.17, 15) is 0 Å². The summed E-state index contributed by atoms with van der Waals surface area (Å²) in [5.74, 6) is 0.869. The van der Waals surface area contributed by atoms with E-state index in [-0.39, 0.29) is 6.04 Å². The molecule has 5 nitrogen and oxygen atoms in total. The van der Waals surface area contributed by atoms with Gasteiger partial charge in [-0.05, 0) is 44.5 Å². The predicted octanol–water partition coefficient (Wildman–Crippen LogP) is 3.94. The Bertz CT molecular complexity index is 806. The summed E-state index contributed by atoms with van der Waals surface area (Å²) >= 11 is 0. The molecule has 1 N–H and O–H groups in total. The SMILES string of the molecule is COc1ccc(CNc2ccnc3c(C)nn(C(C)C)c23)cc1. The van der Waals surface area contributed by atoms with E-state index in [1.165, 1.54) is 5.56 Å². The number of fused-ring (bicyclic) bond motifs is 1. The molecule has 0 bridgehead atoms. The van der Waals surface area contributed by atoms with Crippen LogP contribution in [0.2, 0.25) is 0 Å². The maximum atomic E-state index is 5.19. The zero-order chi connectivity index (χ0) is 16.4. The molecule has 0 radical (unpaired) electrons. The molecular formula is C18H22N4O. The Morgan fingerprint density at radius 1 is 1.17 bits per heavy atom. The van der Waals surface area contributed by atoms with Crippen LogP contribution in [0, 0.1) is 6.92 Å². The van der Waals surface area contributed by atoms with Crippen molar-refractivity contribution in [1.82, 2.24) is 14.8 Å². The van der Waals surface area contributed by atoms with Crippen molar-refractivity contribution < 1.29 is 4.74 Å². The molecule has 0 aliphatic rings. The van der Waals surface area contributed by atoms with Gasteiger partial charge in [-0.3, -0.25) is 9.67 Å². The number of anilines is 1. The van der Waals surface area contributed by atoms with Gasteiger partial charge in [0.2, 0.25) is 0 Å². The molecule has 2 aromatic heterocycles. The summed E-state index contributed by atoms with van der Waals surface area (Å²) in [4.78, 5) is 4.48. The smallest absolute Gasteiger partial charge is 0.118 e. The number of aromatic nitrogens is 3. The molecule has 2 heterocycles. The van der Waals surface area contributed by atoms with Crippen molar-refractivity contribution in [3.05, 3.63) is 47.8 Å². The van der Waals surface area contributed by atoms with Crippen LogP contribution in [0.15, 0.2) is 36.5 Å². The van der Waals surface area contributed by atoms with Crippen LogP contribution in [0.5, 0.6) is 5.75 Å². The summed E-state index contributed by atoms with van der Waals surface area (Å²) in [5.41, 5.74) is 5.23. The molecule has 0 unspecified atom stereocenters. The van der Waals surface area contributed by atoms with Crippen molar-refractivity contribution in [1.29, 1.82) is 0 Å². The van der Waals surface area contributed by atoms with Gasteiger partial charge in [0.25, 0.3) is 0 Å². The van der Waals surface area contributed by atoms with Crippen LogP contribution in [0.1, 0.15) is 31.1 Å². The van der Waals surface area contributed by atoms with Crippen LogP contribution in [0.25, 0.3) is 11.0 Å². The molecule has 0 aliphatic heterocycles. The summed E-state index contributed by atoms with van der Waals surface area (Å²) < 4.78 is 7.23. The maximum Gasteiger partial charge on any atom is 0.118 e. The summed E-state index contributed by atoms with van der Waals surface area (Å²) in [6.07, 6.45) is 1.83. The number of ether oxygens (including phenoxy) is 1. The van der Waals surface area contributed by atoms with Gasteiger partial charge in [0.1, 0.15) is 16.8 Å². The van der Waals surface area contributed by atoms with Gasteiger partial charge in [0.15, 0.2) is 0 Å². The van der Waals surface area contributed by atoms with Crippen molar-refractivity contribution in [3.8, 4) is 5.75 Å². The van der Waals surface area contributed by atoms with Gasteiger partial charge in [0.05, 0.1) is 18.5 Å². The lowest BCUT2D eigenvalue weighted by atomic mass is 10.2. The van der Waals surface area contributed by atoms with E-state index in [1.807, 2.05) is 36.0 Å². The Kier molecular flexibility index (Phi) is 4.19. The highest BCUT2D eigenvalue weighted by Gasteiger charge is 2.14. The second kappa shape index (κ2) is 6.28. The van der Waals surface area contributed by atoms with E-state index in [2.05, 4.69) is 41.4 Å². The lowest BCUT2D eigenvalue weighted by molar-refractivity contribution is 0.414. The number of benzene rings is 1. The fourth-order valence-electron chi connectivity index (χ4n) is 2.67. The Morgan fingerprint density at radius 3 is 2.57 bits per heavy atom. The van der Waals surface area contributed by atoms with Gasteiger partial charge >= 0.3 is 0 Å². The molecular weight excluding hydrogens is 288 g/mol. The van der Waals surface area contributed by atoms with E-state index in [0.29, 0.717) is 0 Å². The van der Waals surface area contributed by atoms with Gasteiger partial charge in [-0.1, -0.05) is 12.1 Å². The van der Waals surface area contributed by atoms with Crippen molar-refractivity contribution in [2.24, 2.45) is 0 Å². The molecule has 23 heavy (non-hydrogen) atoms. The van der Waals surface area contributed by atoms with Gasteiger partial charge in [0, 0.05) is 18.8 Å². The lowest BCUT2D eigenvalue weighted by Gasteiger charge is -2.12. The molecule has 1 aromatic carbocycles. The minimum atomic E-state index is 0.289. The number of methoxy groups -OCH3 is 1. The molecule has 0 aliphatic carbocycles. The Balaban J connectivity index is 1.90. The lowest BCUT2D eigenvalue weighted by Crippen LogP contribution is -2.06. The Hall–Kier alpha value is -2.56. The van der Waals surface area contributed by atoms with Gasteiger partial charge in [-0.2, -0.15) is 5.10 Å². The number of hydrogen-bond acceptors (Lipinski definition) is 4. The number of hydrogen-bond donors (Lipinski definition) is 1. The minimum Gasteiger partial charge on any atom is -0.497 e. The molecule has 3 rings (SSSR count). The second-order valence-corrected chi connectivity index (χ2v) is 5.88. The van der Waals surface area contributed by atoms with E-state index in [4.69, 9.17) is 4.74 Å². The third kappa shape index (κ3) is 2.99. The van der Waals surface area contributed by atoms with E-state index < -0.39 is 0 Å². The zero-order valence-electron chi connectivity index (χ0n) is 14.0. The van der Waals surface area contributed by atoms with Crippen LogP contribution < -0.4 is 10.1 Å². The summed E-state index contributed by atoms with van der Waals surface area (Å²) in [5, 5.41) is 8.13. The van der Waals surface area contributed by atoms with Crippen molar-refractivity contribution >= 4 is 16.7 Å². The molecule has 3 aromatic rings. The minimum absolute atomic E-state index is 0.289. The first kappa shape index (κ1) is 15.3. The monoisotopic (exact) mass is 310 g/mol. The third-order valence-corrected chi connectivity index (χ3v) is 3.88. The van der Waals surface area contributed by atoms with Crippen LogP contribution in [-0.2, 0) is 6.54 Å². The fourth-order valence-corrected chi connectivity index (χ4v) is 2.67. The standard InChI is InChI=1S/C18H22N4O/c1-12(2)22-18-16(9-10-19-17(18)13(3)21-22)20-11-14-5-7-15(23-4)8-6-14/h5-10,12H,11H2,1-4H3,(H,19,20). The third-order valence-electron chi connectivity index (χ3n) is 3.88. The van der Waals surface area contributed by atoms with Gasteiger partial charge < -0.3 is 10.1 Å². The summed E-state index contributed by atoms with van der Waals surface area (Å²) in [7, 11) is 1.68. The molecule has 120 valence electrons. The van der Waals surface area contributed by atoms with Crippen molar-refractivity contribution in [2.75, 3.05) is 12.4 Å². The van der Waals surface area contributed by atoms with Gasteiger partial charge in [-0.15, -0.1) is 0 Å². The van der Waals surface area contributed by atoms with Crippen molar-refractivity contribution in [2.45, 2.75) is 33.4 Å². The van der Waals surface area contributed by atoms with Crippen LogP contribution in [-0.4, -0.2) is 21.9 Å². The average molecular weight is 310 g/mol. The van der Waals surface area contributed by atoms with E-state index in [1.54, 1.807) is 7.11 Å². The number of pyridine rings is 1. The molecule has 5 heteroatoms. The van der Waals surface area contributed by atoms with Gasteiger partial charge in [-0.25, -0.2) is 0 Å². The highest BCUT2D eigenvalue weighted by Crippen LogP contribution is 2.27.